The van der Waals surface area contributed by atoms with E-state index in [0.29, 0.717) is 35.1 Å². The van der Waals surface area contributed by atoms with Gasteiger partial charge >= 0.3 is 0 Å². The quantitative estimate of drug-likeness (QED) is 0.432. The van der Waals surface area contributed by atoms with E-state index in [0.717, 1.165) is 22.5 Å². The molecule has 2 atom stereocenters. The zero-order valence-corrected chi connectivity index (χ0v) is 19.5. The number of nitrogens with one attached hydrogen (secondary N) is 2. The predicted octanol–water partition coefficient (Wildman–Crippen LogP) is 4.55. The molecule has 6 nitrogen and oxygen atoms in total. The Morgan fingerprint density at radius 2 is 1.79 bits per heavy atom. The Bertz CT molecular complexity index is 1270. The summed E-state index contributed by atoms with van der Waals surface area (Å²) in [5, 5.41) is 3.89. The number of hydrogen-bond acceptors (Lipinski definition) is 6. The van der Waals surface area contributed by atoms with Crippen LogP contribution >= 0.6 is 11.8 Å². The van der Waals surface area contributed by atoms with Crippen molar-refractivity contribution in [1.29, 1.82) is 0 Å². The average Bonchev–Trinajstić information content (AvgIpc) is 2.82. The van der Waals surface area contributed by atoms with Crippen molar-refractivity contribution >= 4 is 29.1 Å². The van der Waals surface area contributed by atoms with Crippen molar-refractivity contribution in [2.24, 2.45) is 5.92 Å². The number of H-pyrrole nitrogens is 1. The highest BCUT2D eigenvalue weighted by Gasteiger charge is 2.42. The Labute approximate surface area is 197 Å². The van der Waals surface area contributed by atoms with Crippen molar-refractivity contribution in [1.82, 2.24) is 9.97 Å². The molecule has 1 aromatic heterocycles. The second-order valence-corrected chi connectivity index (χ2v) is 9.60. The molecule has 1 aliphatic carbocycles. The molecule has 3 aromatic rings. The maximum atomic E-state index is 13.3. The summed E-state index contributed by atoms with van der Waals surface area (Å²) >= 11 is 1.49. The van der Waals surface area contributed by atoms with Crippen LogP contribution in [0.5, 0.6) is 0 Å². The maximum Gasteiger partial charge on any atom is 0.257 e. The molecule has 5 rings (SSSR count). The summed E-state index contributed by atoms with van der Waals surface area (Å²) in [6, 6.07) is 18.2. The van der Waals surface area contributed by atoms with E-state index in [4.69, 9.17) is 4.98 Å². The van der Waals surface area contributed by atoms with E-state index in [1.165, 1.54) is 11.8 Å². The average molecular weight is 459 g/mol. The number of ketones is 1. The van der Waals surface area contributed by atoms with Gasteiger partial charge in [0.05, 0.1) is 11.5 Å². The Morgan fingerprint density at radius 3 is 2.52 bits per heavy atom. The van der Waals surface area contributed by atoms with Crippen LogP contribution in [0.3, 0.4) is 0 Å². The number of thioether (sulfide) groups is 1. The molecule has 2 unspecified atom stereocenters. The summed E-state index contributed by atoms with van der Waals surface area (Å²) in [6.45, 7) is 0. The molecule has 0 spiro atoms. The summed E-state index contributed by atoms with van der Waals surface area (Å²) in [4.78, 5) is 36.1. The number of aromatic nitrogens is 2. The lowest BCUT2D eigenvalue weighted by Gasteiger charge is -2.36. The monoisotopic (exact) mass is 458 g/mol. The zero-order chi connectivity index (χ0) is 22.9. The second kappa shape index (κ2) is 8.90. The van der Waals surface area contributed by atoms with Gasteiger partial charge in [0.25, 0.3) is 5.56 Å². The largest absolute Gasteiger partial charge is 0.378 e. The number of Topliss-reactive ketones (excluding diaryl/α,β-unsaturated/α-hetero) is 1. The fourth-order valence-corrected chi connectivity index (χ4v) is 5.42. The van der Waals surface area contributed by atoms with Crippen LogP contribution in [0.25, 0.3) is 0 Å². The van der Waals surface area contributed by atoms with Crippen LogP contribution in [0.1, 0.15) is 35.4 Å². The molecule has 0 fully saturated rings. The fourth-order valence-electron chi connectivity index (χ4n) is 4.60. The van der Waals surface area contributed by atoms with Crippen molar-refractivity contribution in [3.63, 3.8) is 0 Å². The van der Waals surface area contributed by atoms with Crippen LogP contribution in [0.4, 0.5) is 11.5 Å². The normalized spacial score (nSPS) is 19.2. The molecule has 1 aliphatic heterocycles. The minimum absolute atomic E-state index is 0.161. The number of rotatable bonds is 5. The number of carbonyl (C=O) groups excluding carboxylic acids is 1. The van der Waals surface area contributed by atoms with Gasteiger partial charge in [-0.05, 0) is 29.7 Å². The smallest absolute Gasteiger partial charge is 0.257 e. The van der Waals surface area contributed by atoms with Gasteiger partial charge in [0.15, 0.2) is 5.16 Å². The third-order valence-corrected chi connectivity index (χ3v) is 7.21. The minimum atomic E-state index is -0.387. The first-order valence-electron chi connectivity index (χ1n) is 11.1. The van der Waals surface area contributed by atoms with Crippen molar-refractivity contribution in [3.05, 3.63) is 93.4 Å². The van der Waals surface area contributed by atoms with Crippen LogP contribution in [0.15, 0.2) is 76.3 Å². The van der Waals surface area contributed by atoms with E-state index < -0.39 is 0 Å². The van der Waals surface area contributed by atoms with Crippen LogP contribution in [-0.2, 0) is 10.5 Å². The highest BCUT2D eigenvalue weighted by molar-refractivity contribution is 7.98. The molecule has 0 amide bonds. The van der Waals surface area contributed by atoms with Gasteiger partial charge in [0.1, 0.15) is 11.6 Å². The molecular weight excluding hydrogens is 432 g/mol. The Morgan fingerprint density at radius 1 is 1.03 bits per heavy atom. The van der Waals surface area contributed by atoms with Gasteiger partial charge < -0.3 is 15.2 Å². The van der Waals surface area contributed by atoms with Crippen LogP contribution in [0, 0.1) is 5.92 Å². The van der Waals surface area contributed by atoms with Gasteiger partial charge in [-0.1, -0.05) is 60.3 Å². The number of allylic oxidation sites excluding steroid dienone is 2. The van der Waals surface area contributed by atoms with Crippen molar-refractivity contribution in [2.45, 2.75) is 29.7 Å². The summed E-state index contributed by atoms with van der Waals surface area (Å²) in [5.41, 5.74) is 4.38. The third-order valence-electron chi connectivity index (χ3n) is 6.26. The van der Waals surface area contributed by atoms with Crippen molar-refractivity contribution in [2.75, 3.05) is 24.3 Å². The van der Waals surface area contributed by atoms with Gasteiger partial charge in [-0.3, -0.25) is 9.59 Å². The van der Waals surface area contributed by atoms with E-state index >= 15 is 0 Å². The molecule has 2 N–H and O–H groups in total. The van der Waals surface area contributed by atoms with Gasteiger partial charge in [-0.25, -0.2) is 4.98 Å². The molecule has 0 saturated heterocycles. The molecule has 2 aromatic carbocycles. The number of hydrogen-bond donors (Lipinski definition) is 2. The standard InChI is InChI=1S/C26H26N4O2S/c1-30(2)18-13-11-17(12-14-18)21-22-19(9-6-10-20(22)31)27-24-23(21)25(32)29-26(28-24)33-15-16-7-4-3-5-8-16/h3-5,7-9,11-14,21-22H,6,10,15H2,1-2H3,(H2,27,28,29,32). The van der Waals surface area contributed by atoms with Crippen molar-refractivity contribution < 1.29 is 4.79 Å². The van der Waals surface area contributed by atoms with Gasteiger partial charge in [0, 0.05) is 43.6 Å². The van der Waals surface area contributed by atoms with E-state index in [1.807, 2.05) is 61.5 Å². The van der Waals surface area contributed by atoms with E-state index in [1.54, 1.807) is 0 Å². The molecule has 0 radical (unpaired) electrons. The summed E-state index contributed by atoms with van der Waals surface area (Å²) in [5.74, 6) is 0.674. The maximum absolute atomic E-state index is 13.3. The number of nitrogens with zero attached hydrogens (tertiary/aromatic N) is 2. The molecule has 7 heteroatoms. The Kier molecular flexibility index (Phi) is 5.81. The second-order valence-electron chi connectivity index (χ2n) is 8.64. The lowest BCUT2D eigenvalue weighted by atomic mass is 9.72. The third kappa shape index (κ3) is 4.20. The van der Waals surface area contributed by atoms with Crippen LogP contribution in [-0.4, -0.2) is 29.8 Å². The fraction of sp³-hybridized carbons (Fsp3) is 0.269. The van der Waals surface area contributed by atoms with E-state index in [-0.39, 0.29) is 23.2 Å². The number of benzene rings is 2. The SMILES string of the molecule is CN(C)c1ccc(C2c3c(nc(SCc4ccccc4)[nH]c3=O)NC3=CCCC(=O)C32)cc1. The van der Waals surface area contributed by atoms with Gasteiger partial charge in [0.2, 0.25) is 0 Å². The number of aromatic amines is 1. The Balaban J connectivity index is 1.56. The molecule has 2 heterocycles. The van der Waals surface area contributed by atoms with Gasteiger partial charge in [-0.15, -0.1) is 0 Å². The van der Waals surface area contributed by atoms with Gasteiger partial charge in [-0.2, -0.15) is 0 Å². The molecule has 0 bridgehead atoms. The Hall–Kier alpha value is -3.32. The molecule has 0 saturated carbocycles. The zero-order valence-electron chi connectivity index (χ0n) is 18.7. The first-order chi connectivity index (χ1) is 16.0. The number of carbonyl (C=O) groups is 1. The lowest BCUT2D eigenvalue weighted by molar-refractivity contribution is -0.122. The highest BCUT2D eigenvalue weighted by Crippen LogP contribution is 2.45. The van der Waals surface area contributed by atoms with E-state index in [9.17, 15) is 9.59 Å². The minimum Gasteiger partial charge on any atom is -0.378 e. The summed E-state index contributed by atoms with van der Waals surface area (Å²) in [6.07, 6.45) is 3.28. The summed E-state index contributed by atoms with van der Waals surface area (Å²) in [7, 11) is 3.98. The number of anilines is 2. The lowest BCUT2D eigenvalue weighted by Crippen LogP contribution is -2.38. The molecular formula is C26H26N4O2S. The molecule has 2 aliphatic rings. The predicted molar refractivity (Wildman–Crippen MR) is 133 cm³/mol. The first kappa shape index (κ1) is 21.5. The van der Waals surface area contributed by atoms with Crippen molar-refractivity contribution in [3.8, 4) is 0 Å². The first-order valence-corrected chi connectivity index (χ1v) is 12.1. The number of fused-ring (bicyclic) bond motifs is 2. The van der Waals surface area contributed by atoms with E-state index in [2.05, 4.69) is 28.5 Å². The molecule has 33 heavy (non-hydrogen) atoms. The molecule has 168 valence electrons. The van der Waals surface area contributed by atoms with Crippen LogP contribution < -0.4 is 15.8 Å². The topological polar surface area (TPSA) is 78.1 Å². The van der Waals surface area contributed by atoms with Crippen LogP contribution in [0.2, 0.25) is 0 Å². The summed E-state index contributed by atoms with van der Waals surface area (Å²) < 4.78 is 0. The highest BCUT2D eigenvalue weighted by atomic mass is 32.2.